The number of H-pyrrole nitrogens is 1. The molecule has 0 amide bonds. The summed E-state index contributed by atoms with van der Waals surface area (Å²) in [5.41, 5.74) is 2.03. The summed E-state index contributed by atoms with van der Waals surface area (Å²) < 4.78 is 4.89. The second-order valence-electron chi connectivity index (χ2n) is 4.27. The van der Waals surface area contributed by atoms with Crippen molar-refractivity contribution in [3.8, 4) is 0 Å². The highest BCUT2D eigenvalue weighted by molar-refractivity contribution is 5.73. The summed E-state index contributed by atoms with van der Waals surface area (Å²) in [6, 6.07) is 4.72. The first-order chi connectivity index (χ1) is 8.47. The summed E-state index contributed by atoms with van der Waals surface area (Å²) in [5, 5.41) is 8.90. The van der Waals surface area contributed by atoms with Gasteiger partial charge in [0.1, 0.15) is 6.04 Å². The Kier molecular flexibility index (Phi) is 3.20. The molecule has 0 spiro atoms. The van der Waals surface area contributed by atoms with Crippen molar-refractivity contribution in [2.45, 2.75) is 19.5 Å². The fourth-order valence-corrected chi connectivity index (χ4v) is 1.71. The molecule has 1 heterocycles. The molecule has 0 aliphatic heterocycles. The average Bonchev–Trinajstić information content (AvgIpc) is 2.67. The molecule has 6 nitrogen and oxygen atoms in total. The number of aromatic nitrogens is 1. The molecule has 0 fully saturated rings. The number of nitrogens with one attached hydrogen (secondary N) is 1. The topological polar surface area (TPSA) is 86.5 Å². The lowest BCUT2D eigenvalue weighted by molar-refractivity contribution is -0.142. The number of carboxylic acids is 1. The lowest BCUT2D eigenvalue weighted by Crippen LogP contribution is -2.35. The first-order valence-corrected chi connectivity index (χ1v) is 5.52. The molecule has 96 valence electrons. The quantitative estimate of drug-likeness (QED) is 0.846. The zero-order chi connectivity index (χ0) is 13.3. The van der Waals surface area contributed by atoms with E-state index in [9.17, 15) is 9.59 Å². The van der Waals surface area contributed by atoms with E-state index < -0.39 is 17.8 Å². The van der Waals surface area contributed by atoms with E-state index in [2.05, 4.69) is 4.98 Å². The van der Waals surface area contributed by atoms with E-state index in [0.29, 0.717) is 17.6 Å². The van der Waals surface area contributed by atoms with Gasteiger partial charge in [0.05, 0.1) is 5.52 Å². The Bertz CT molecular complexity index is 628. The molecule has 1 unspecified atom stereocenters. The van der Waals surface area contributed by atoms with Gasteiger partial charge < -0.3 is 9.52 Å². The van der Waals surface area contributed by atoms with E-state index in [0.717, 1.165) is 5.56 Å². The van der Waals surface area contributed by atoms with Crippen LogP contribution in [0.15, 0.2) is 27.4 Å². The zero-order valence-corrected chi connectivity index (χ0v) is 10.1. The largest absolute Gasteiger partial charge is 0.480 e. The highest BCUT2D eigenvalue weighted by Gasteiger charge is 2.16. The Morgan fingerprint density at radius 1 is 1.56 bits per heavy atom. The van der Waals surface area contributed by atoms with Crippen molar-refractivity contribution in [3.05, 3.63) is 34.3 Å². The van der Waals surface area contributed by atoms with Crippen molar-refractivity contribution in [1.29, 1.82) is 0 Å². The van der Waals surface area contributed by atoms with Crippen LogP contribution in [0, 0.1) is 0 Å². The van der Waals surface area contributed by atoms with E-state index in [1.807, 2.05) is 6.07 Å². The molecule has 18 heavy (non-hydrogen) atoms. The Morgan fingerprint density at radius 2 is 2.28 bits per heavy atom. The average molecular weight is 250 g/mol. The van der Waals surface area contributed by atoms with Gasteiger partial charge in [0, 0.05) is 6.54 Å². The van der Waals surface area contributed by atoms with Gasteiger partial charge in [0.15, 0.2) is 5.58 Å². The highest BCUT2D eigenvalue weighted by atomic mass is 16.4. The molecule has 2 aromatic rings. The molecule has 0 saturated carbocycles. The molecule has 0 radical (unpaired) electrons. The van der Waals surface area contributed by atoms with Gasteiger partial charge in [-0.25, -0.2) is 4.79 Å². The van der Waals surface area contributed by atoms with Crippen LogP contribution in [0.5, 0.6) is 0 Å². The van der Waals surface area contributed by atoms with Crippen molar-refractivity contribution in [2.24, 2.45) is 0 Å². The van der Waals surface area contributed by atoms with Gasteiger partial charge in [-0.15, -0.1) is 0 Å². The summed E-state index contributed by atoms with van der Waals surface area (Å²) in [6.07, 6.45) is 0. The minimum atomic E-state index is -0.865. The van der Waals surface area contributed by atoms with Crippen LogP contribution >= 0.6 is 0 Å². The van der Waals surface area contributed by atoms with E-state index in [1.165, 1.54) is 0 Å². The molecular formula is C12H14N2O4. The van der Waals surface area contributed by atoms with Crippen molar-refractivity contribution in [2.75, 3.05) is 7.05 Å². The summed E-state index contributed by atoms with van der Waals surface area (Å²) in [6.45, 7) is 2.11. The summed E-state index contributed by atoms with van der Waals surface area (Å²) in [5.74, 6) is -1.36. The third-order valence-electron chi connectivity index (χ3n) is 2.93. The van der Waals surface area contributed by atoms with E-state index >= 15 is 0 Å². The SMILES string of the molecule is CC(C(=O)O)N(C)Cc1ccc2oc(=O)[nH]c2c1. The molecule has 0 bridgehead atoms. The lowest BCUT2D eigenvalue weighted by Gasteiger charge is -2.20. The molecule has 0 saturated heterocycles. The molecule has 6 heteroatoms. The third kappa shape index (κ3) is 2.43. The zero-order valence-electron chi connectivity index (χ0n) is 10.1. The number of oxazole rings is 1. The first kappa shape index (κ1) is 12.4. The smallest absolute Gasteiger partial charge is 0.417 e. The third-order valence-corrected chi connectivity index (χ3v) is 2.93. The van der Waals surface area contributed by atoms with E-state index in [-0.39, 0.29) is 0 Å². The van der Waals surface area contributed by atoms with Gasteiger partial charge in [-0.2, -0.15) is 0 Å². The summed E-state index contributed by atoms with van der Waals surface area (Å²) in [4.78, 5) is 26.1. The molecule has 2 N–H and O–H groups in total. The maximum atomic E-state index is 11.0. The molecule has 2 rings (SSSR count). The normalized spacial score (nSPS) is 13.1. The number of nitrogens with zero attached hydrogens (tertiary/aromatic N) is 1. The van der Waals surface area contributed by atoms with Gasteiger partial charge in [-0.3, -0.25) is 14.7 Å². The maximum absolute atomic E-state index is 11.0. The predicted molar refractivity (Wildman–Crippen MR) is 65.4 cm³/mol. The second kappa shape index (κ2) is 4.66. The van der Waals surface area contributed by atoms with E-state index in [4.69, 9.17) is 9.52 Å². The van der Waals surface area contributed by atoms with Crippen molar-refractivity contribution >= 4 is 17.1 Å². The number of carboxylic acid groups (broad SMARTS) is 1. The van der Waals surface area contributed by atoms with Crippen LogP contribution in [0.2, 0.25) is 0 Å². The number of aliphatic carboxylic acids is 1. The van der Waals surface area contributed by atoms with Crippen LogP contribution in [0.3, 0.4) is 0 Å². The summed E-state index contributed by atoms with van der Waals surface area (Å²) >= 11 is 0. The fraction of sp³-hybridized carbons (Fsp3) is 0.333. The lowest BCUT2D eigenvalue weighted by atomic mass is 10.2. The number of fused-ring (bicyclic) bond motifs is 1. The molecule has 0 aliphatic rings. The minimum Gasteiger partial charge on any atom is -0.480 e. The van der Waals surface area contributed by atoms with Gasteiger partial charge >= 0.3 is 11.7 Å². The monoisotopic (exact) mass is 250 g/mol. The highest BCUT2D eigenvalue weighted by Crippen LogP contribution is 2.14. The van der Waals surface area contributed by atoms with Gasteiger partial charge in [0.25, 0.3) is 0 Å². The number of aromatic amines is 1. The Balaban J connectivity index is 2.21. The van der Waals surface area contributed by atoms with Crippen LogP contribution in [-0.4, -0.2) is 34.0 Å². The van der Waals surface area contributed by atoms with Crippen LogP contribution < -0.4 is 5.76 Å². The number of carbonyl (C=O) groups is 1. The predicted octanol–water partition coefficient (Wildman–Crippen LogP) is 1.03. The van der Waals surface area contributed by atoms with Crippen LogP contribution in [0.1, 0.15) is 12.5 Å². The Morgan fingerprint density at radius 3 is 2.94 bits per heavy atom. The Labute approximate surface area is 103 Å². The molecular weight excluding hydrogens is 236 g/mol. The van der Waals surface area contributed by atoms with Crippen molar-refractivity contribution < 1.29 is 14.3 Å². The van der Waals surface area contributed by atoms with Gasteiger partial charge in [0.2, 0.25) is 0 Å². The minimum absolute atomic E-state index is 0.483. The molecule has 1 atom stereocenters. The van der Waals surface area contributed by atoms with Crippen LogP contribution in [-0.2, 0) is 11.3 Å². The van der Waals surface area contributed by atoms with Crippen LogP contribution in [0.25, 0.3) is 11.1 Å². The number of rotatable bonds is 4. The molecule has 1 aromatic heterocycles. The van der Waals surface area contributed by atoms with Gasteiger partial charge in [-0.05, 0) is 31.7 Å². The maximum Gasteiger partial charge on any atom is 0.417 e. The van der Waals surface area contributed by atoms with Crippen molar-refractivity contribution in [3.63, 3.8) is 0 Å². The molecule has 1 aromatic carbocycles. The number of likely N-dealkylation sites (N-methyl/N-ethyl adjacent to an activating group) is 1. The summed E-state index contributed by atoms with van der Waals surface area (Å²) in [7, 11) is 1.74. The van der Waals surface area contributed by atoms with Crippen molar-refractivity contribution in [1.82, 2.24) is 9.88 Å². The van der Waals surface area contributed by atoms with Crippen LogP contribution in [0.4, 0.5) is 0 Å². The number of hydrogen-bond acceptors (Lipinski definition) is 4. The Hall–Kier alpha value is -2.08. The number of benzene rings is 1. The van der Waals surface area contributed by atoms with Gasteiger partial charge in [-0.1, -0.05) is 6.07 Å². The standard InChI is InChI=1S/C12H14N2O4/c1-7(11(15)16)14(2)6-8-3-4-10-9(5-8)13-12(17)18-10/h3-5,7H,6H2,1-2H3,(H,13,17)(H,15,16). The number of hydrogen-bond donors (Lipinski definition) is 2. The van der Waals surface area contributed by atoms with E-state index in [1.54, 1.807) is 31.0 Å². The first-order valence-electron chi connectivity index (χ1n) is 5.52. The second-order valence-corrected chi connectivity index (χ2v) is 4.27. The fourth-order valence-electron chi connectivity index (χ4n) is 1.71. The molecule has 0 aliphatic carbocycles.